The van der Waals surface area contributed by atoms with Gasteiger partial charge in [0, 0.05) is 11.4 Å². The number of nitrogens with zero attached hydrogens (tertiary/aromatic N) is 2. The molecule has 0 aromatic heterocycles. The molecule has 0 atom stereocenters. The predicted molar refractivity (Wildman–Crippen MR) is 81.5 cm³/mol. The van der Waals surface area contributed by atoms with E-state index in [4.69, 9.17) is 0 Å². The molecule has 2 rings (SSSR count). The molecule has 1 aliphatic heterocycles. The maximum atomic E-state index is 12.5. The van der Waals surface area contributed by atoms with E-state index in [2.05, 4.69) is 17.0 Å². The highest BCUT2D eigenvalue weighted by molar-refractivity contribution is 7.90. The fourth-order valence-electron chi connectivity index (χ4n) is 1.88. The Morgan fingerprint density at radius 2 is 1.95 bits per heavy atom. The Hall–Kier alpha value is -2.41. The molecular weight excluding hydrogens is 290 g/mol. The van der Waals surface area contributed by atoms with E-state index in [1.807, 2.05) is 0 Å². The number of carbonyl (C=O) groups is 1. The topological polar surface area (TPSA) is 78.8 Å². The Balaban J connectivity index is 2.51. The number of aliphatic imine (C=N–C) groups is 1. The maximum absolute atomic E-state index is 12.5. The van der Waals surface area contributed by atoms with Crippen molar-refractivity contribution in [1.82, 2.24) is 4.31 Å². The third-order valence-electron chi connectivity index (χ3n) is 2.97. The molecule has 21 heavy (non-hydrogen) atoms. The Bertz CT molecular complexity index is 763. The summed E-state index contributed by atoms with van der Waals surface area (Å²) in [5.74, 6) is 0. The highest BCUT2D eigenvalue weighted by Gasteiger charge is 2.37. The molecule has 0 bridgehead atoms. The van der Waals surface area contributed by atoms with Crippen LogP contribution in [0, 0.1) is 0 Å². The van der Waals surface area contributed by atoms with Gasteiger partial charge in [0.1, 0.15) is 4.90 Å². The minimum atomic E-state index is -3.91. The number of nitrogens with one attached hydrogen (secondary N) is 1. The molecule has 110 valence electrons. The molecule has 1 aliphatic rings. The zero-order valence-electron chi connectivity index (χ0n) is 11.7. The van der Waals surface area contributed by atoms with Crippen molar-refractivity contribution in [3.8, 4) is 0 Å². The molecule has 1 N–H and O–H groups in total. The van der Waals surface area contributed by atoms with E-state index in [1.54, 1.807) is 31.2 Å². The van der Waals surface area contributed by atoms with Crippen molar-refractivity contribution >= 4 is 28.5 Å². The average molecular weight is 305 g/mol. The van der Waals surface area contributed by atoms with Crippen LogP contribution in [0.15, 0.2) is 57.7 Å². The van der Waals surface area contributed by atoms with E-state index in [0.29, 0.717) is 5.70 Å². The number of rotatable bonds is 3. The van der Waals surface area contributed by atoms with Crippen LogP contribution in [0.1, 0.15) is 13.8 Å². The third kappa shape index (κ3) is 2.73. The molecular formula is C14H15N3O3S. The minimum Gasteiger partial charge on any atom is -0.305 e. The van der Waals surface area contributed by atoms with Gasteiger partial charge < -0.3 is 5.32 Å². The van der Waals surface area contributed by atoms with Gasteiger partial charge in [-0.3, -0.25) is 4.99 Å². The summed E-state index contributed by atoms with van der Waals surface area (Å²) in [6.45, 7) is 6.62. The summed E-state index contributed by atoms with van der Waals surface area (Å²) >= 11 is 0. The lowest BCUT2D eigenvalue weighted by Gasteiger charge is -2.28. The highest BCUT2D eigenvalue weighted by Crippen LogP contribution is 2.31. The molecule has 0 unspecified atom stereocenters. The highest BCUT2D eigenvalue weighted by atomic mass is 32.2. The number of amides is 2. The SMILES string of the molecule is C=N/C(C)=C\C=C(/C)N1C(=O)Nc2ccccc2S1(=O)=O. The molecule has 1 aromatic carbocycles. The number of para-hydroxylation sites is 1. The van der Waals surface area contributed by atoms with Crippen LogP contribution in [-0.4, -0.2) is 25.5 Å². The number of fused-ring (bicyclic) bond motifs is 1. The van der Waals surface area contributed by atoms with Crippen molar-refractivity contribution in [1.29, 1.82) is 0 Å². The molecule has 0 spiro atoms. The van der Waals surface area contributed by atoms with Gasteiger partial charge in [0.15, 0.2) is 0 Å². The number of sulfonamides is 1. The smallest absolute Gasteiger partial charge is 0.305 e. The Kier molecular flexibility index (Phi) is 3.95. The molecule has 0 saturated heterocycles. The third-order valence-corrected chi connectivity index (χ3v) is 4.81. The summed E-state index contributed by atoms with van der Waals surface area (Å²) in [5, 5.41) is 2.56. The minimum absolute atomic E-state index is 0.0693. The van der Waals surface area contributed by atoms with Gasteiger partial charge in [-0.2, -0.15) is 4.31 Å². The van der Waals surface area contributed by atoms with E-state index >= 15 is 0 Å². The number of hydrogen-bond donors (Lipinski definition) is 1. The largest absolute Gasteiger partial charge is 0.340 e. The first-order chi connectivity index (χ1) is 9.87. The quantitative estimate of drug-likeness (QED) is 0.689. The second-order valence-electron chi connectivity index (χ2n) is 4.47. The van der Waals surface area contributed by atoms with Crippen molar-refractivity contribution in [2.45, 2.75) is 18.7 Å². The van der Waals surface area contributed by atoms with Crippen LogP contribution < -0.4 is 5.32 Å². The molecule has 0 fully saturated rings. The molecule has 0 radical (unpaired) electrons. The number of anilines is 1. The van der Waals surface area contributed by atoms with Crippen molar-refractivity contribution < 1.29 is 13.2 Å². The first-order valence-corrected chi connectivity index (χ1v) is 7.59. The molecule has 0 aliphatic carbocycles. The van der Waals surface area contributed by atoms with Crippen LogP contribution in [0.4, 0.5) is 10.5 Å². The second kappa shape index (κ2) is 5.53. The molecule has 7 heteroatoms. The summed E-state index contributed by atoms with van der Waals surface area (Å²) in [6.07, 6.45) is 3.10. The number of allylic oxidation sites excluding steroid dienone is 4. The van der Waals surface area contributed by atoms with Crippen molar-refractivity contribution in [3.63, 3.8) is 0 Å². The lowest BCUT2D eigenvalue weighted by Crippen LogP contribution is -2.42. The molecule has 1 aromatic rings. The van der Waals surface area contributed by atoms with Gasteiger partial charge in [0.2, 0.25) is 0 Å². The lowest BCUT2D eigenvalue weighted by atomic mass is 10.3. The van der Waals surface area contributed by atoms with Crippen LogP contribution in [0.3, 0.4) is 0 Å². The Morgan fingerprint density at radius 3 is 2.62 bits per heavy atom. The monoisotopic (exact) mass is 305 g/mol. The first kappa shape index (κ1) is 15.0. The normalized spacial score (nSPS) is 18.0. The van der Waals surface area contributed by atoms with E-state index in [-0.39, 0.29) is 16.3 Å². The zero-order valence-corrected chi connectivity index (χ0v) is 12.5. The van der Waals surface area contributed by atoms with Gasteiger partial charge in [-0.25, -0.2) is 13.2 Å². The van der Waals surface area contributed by atoms with Crippen molar-refractivity contribution in [3.05, 3.63) is 47.8 Å². The fraction of sp³-hybridized carbons (Fsp3) is 0.143. The van der Waals surface area contributed by atoms with Gasteiger partial charge in [-0.15, -0.1) is 0 Å². The van der Waals surface area contributed by atoms with E-state index in [1.165, 1.54) is 19.1 Å². The van der Waals surface area contributed by atoms with E-state index < -0.39 is 16.1 Å². The number of hydrogen-bond acceptors (Lipinski definition) is 4. The molecule has 6 nitrogen and oxygen atoms in total. The summed E-state index contributed by atoms with van der Waals surface area (Å²) < 4.78 is 25.8. The van der Waals surface area contributed by atoms with Crippen LogP contribution in [-0.2, 0) is 10.0 Å². The summed E-state index contributed by atoms with van der Waals surface area (Å²) in [7, 11) is -3.91. The molecule has 2 amide bonds. The van der Waals surface area contributed by atoms with Crippen LogP contribution in [0.25, 0.3) is 0 Å². The molecule has 1 heterocycles. The fourth-order valence-corrected chi connectivity index (χ4v) is 3.43. The van der Waals surface area contributed by atoms with Crippen LogP contribution >= 0.6 is 0 Å². The van der Waals surface area contributed by atoms with E-state index in [0.717, 1.165) is 4.31 Å². The van der Waals surface area contributed by atoms with Gasteiger partial charge >= 0.3 is 6.03 Å². The zero-order chi connectivity index (χ0) is 15.6. The second-order valence-corrected chi connectivity index (χ2v) is 6.23. The standard InChI is InChI=1S/C14H15N3O3S/c1-10(15-3)8-9-11(2)17-14(18)16-12-6-4-5-7-13(12)21(17,19)20/h4-9H,3H2,1-2H3,(H,16,18)/b10-8-,11-9+. The summed E-state index contributed by atoms with van der Waals surface area (Å²) in [5.41, 5.74) is 1.17. The van der Waals surface area contributed by atoms with Crippen molar-refractivity contribution in [2.75, 3.05) is 5.32 Å². The average Bonchev–Trinajstić information content (AvgIpc) is 2.44. The van der Waals surface area contributed by atoms with Gasteiger partial charge in [-0.1, -0.05) is 12.1 Å². The van der Waals surface area contributed by atoms with Crippen LogP contribution in [0.2, 0.25) is 0 Å². The van der Waals surface area contributed by atoms with Gasteiger partial charge in [0.05, 0.1) is 5.69 Å². The van der Waals surface area contributed by atoms with Crippen molar-refractivity contribution in [2.24, 2.45) is 4.99 Å². The maximum Gasteiger partial charge on any atom is 0.340 e. The summed E-state index contributed by atoms with van der Waals surface area (Å²) in [6, 6.07) is 5.56. The Labute approximate surface area is 123 Å². The van der Waals surface area contributed by atoms with Crippen LogP contribution in [0.5, 0.6) is 0 Å². The van der Waals surface area contributed by atoms with Gasteiger partial charge in [-0.05, 0) is 44.8 Å². The first-order valence-electron chi connectivity index (χ1n) is 6.15. The molecule has 0 saturated carbocycles. The number of benzene rings is 1. The number of carbonyl (C=O) groups excluding carboxylic acids is 1. The lowest BCUT2D eigenvalue weighted by molar-refractivity contribution is 0.241. The van der Waals surface area contributed by atoms with E-state index in [9.17, 15) is 13.2 Å². The van der Waals surface area contributed by atoms with Gasteiger partial charge in [0.25, 0.3) is 10.0 Å². The summed E-state index contributed by atoms with van der Waals surface area (Å²) in [4.78, 5) is 15.8. The predicted octanol–water partition coefficient (Wildman–Crippen LogP) is 2.73. The number of urea groups is 1. The Morgan fingerprint density at radius 1 is 1.29 bits per heavy atom.